The van der Waals surface area contributed by atoms with Crippen molar-refractivity contribution in [3.63, 3.8) is 0 Å². The molecular weight excluding hydrogens is 222 g/mol. The van der Waals surface area contributed by atoms with Gasteiger partial charge in [0.05, 0.1) is 6.61 Å². The fourth-order valence-electron chi connectivity index (χ4n) is 2.64. The predicted molar refractivity (Wildman–Crippen MR) is 75.9 cm³/mol. The fourth-order valence-corrected chi connectivity index (χ4v) is 2.64. The Hall–Kier alpha value is -1.02. The topological polar surface area (TPSA) is 35.2 Å². The Balaban J connectivity index is 2.04. The van der Waals surface area contributed by atoms with E-state index in [0.717, 1.165) is 25.2 Å². The van der Waals surface area contributed by atoms with E-state index in [-0.39, 0.29) is 6.04 Å². The third kappa shape index (κ3) is 3.05. The summed E-state index contributed by atoms with van der Waals surface area (Å²) in [5.74, 6) is 1.65. The molecule has 1 aliphatic carbocycles. The van der Waals surface area contributed by atoms with E-state index < -0.39 is 0 Å². The summed E-state index contributed by atoms with van der Waals surface area (Å²) in [6.07, 6.45) is 5.84. The first-order chi connectivity index (χ1) is 8.74. The second-order valence-electron chi connectivity index (χ2n) is 5.35. The molecule has 0 saturated heterocycles. The Morgan fingerprint density at radius 3 is 2.83 bits per heavy atom. The maximum atomic E-state index is 6.17. The molecule has 2 nitrogen and oxygen atoms in total. The molecular formula is C16H25NO. The van der Waals surface area contributed by atoms with Gasteiger partial charge in [-0.15, -0.1) is 0 Å². The molecule has 2 rings (SSSR count). The lowest BCUT2D eigenvalue weighted by molar-refractivity contribution is 0.240. The van der Waals surface area contributed by atoms with Crippen LogP contribution in [0.1, 0.15) is 56.7 Å². The molecule has 0 aliphatic heterocycles. The molecule has 0 heterocycles. The molecule has 2 N–H and O–H groups in total. The standard InChI is InChI=1S/C16H25NO/c1-3-12(4-2)11-18-14-9-8-13-6-5-7-16(17)15(13)10-14/h8-10,12,16H,3-7,11,17H2,1-2H3. The fraction of sp³-hybridized carbons (Fsp3) is 0.625. The molecule has 0 fully saturated rings. The van der Waals surface area contributed by atoms with Gasteiger partial charge in [-0.2, -0.15) is 0 Å². The van der Waals surface area contributed by atoms with Gasteiger partial charge in [-0.05, 0) is 48.4 Å². The van der Waals surface area contributed by atoms with Crippen LogP contribution in [0.15, 0.2) is 18.2 Å². The van der Waals surface area contributed by atoms with E-state index in [1.165, 1.54) is 30.4 Å². The average Bonchev–Trinajstić information content (AvgIpc) is 2.41. The van der Waals surface area contributed by atoms with Crippen molar-refractivity contribution < 1.29 is 4.74 Å². The summed E-state index contributed by atoms with van der Waals surface area (Å²) in [4.78, 5) is 0. The van der Waals surface area contributed by atoms with Crippen LogP contribution in [-0.4, -0.2) is 6.61 Å². The van der Waals surface area contributed by atoms with Crippen molar-refractivity contribution in [1.29, 1.82) is 0 Å². The van der Waals surface area contributed by atoms with Crippen molar-refractivity contribution in [2.45, 2.75) is 52.0 Å². The van der Waals surface area contributed by atoms with E-state index in [4.69, 9.17) is 10.5 Å². The normalized spacial score (nSPS) is 18.8. The minimum atomic E-state index is 0.199. The van der Waals surface area contributed by atoms with Crippen LogP contribution in [0.4, 0.5) is 0 Å². The largest absolute Gasteiger partial charge is 0.493 e. The quantitative estimate of drug-likeness (QED) is 0.858. The van der Waals surface area contributed by atoms with Crippen molar-refractivity contribution in [3.8, 4) is 5.75 Å². The minimum absolute atomic E-state index is 0.199. The summed E-state index contributed by atoms with van der Waals surface area (Å²) in [6.45, 7) is 5.27. The second-order valence-corrected chi connectivity index (χ2v) is 5.35. The first-order valence-electron chi connectivity index (χ1n) is 7.25. The van der Waals surface area contributed by atoms with Crippen LogP contribution in [0.2, 0.25) is 0 Å². The Labute approximate surface area is 111 Å². The number of aryl methyl sites for hydroxylation is 1. The van der Waals surface area contributed by atoms with Gasteiger partial charge in [0.25, 0.3) is 0 Å². The summed E-state index contributed by atoms with van der Waals surface area (Å²) < 4.78 is 5.91. The number of fused-ring (bicyclic) bond motifs is 1. The van der Waals surface area contributed by atoms with E-state index in [0.29, 0.717) is 5.92 Å². The van der Waals surface area contributed by atoms with Gasteiger partial charge in [-0.1, -0.05) is 32.8 Å². The second kappa shape index (κ2) is 6.24. The van der Waals surface area contributed by atoms with E-state index >= 15 is 0 Å². The lowest BCUT2D eigenvalue weighted by Crippen LogP contribution is -2.17. The van der Waals surface area contributed by atoms with Crippen LogP contribution in [0.25, 0.3) is 0 Å². The molecule has 2 heteroatoms. The van der Waals surface area contributed by atoms with Crippen LogP contribution in [0.3, 0.4) is 0 Å². The van der Waals surface area contributed by atoms with Gasteiger partial charge in [0.2, 0.25) is 0 Å². The highest BCUT2D eigenvalue weighted by molar-refractivity contribution is 5.39. The van der Waals surface area contributed by atoms with Crippen molar-refractivity contribution in [3.05, 3.63) is 29.3 Å². The molecule has 1 atom stereocenters. The summed E-state index contributed by atoms with van der Waals surface area (Å²) in [5.41, 5.74) is 8.87. The number of hydrogen-bond donors (Lipinski definition) is 1. The molecule has 1 unspecified atom stereocenters. The number of benzene rings is 1. The molecule has 1 aliphatic rings. The number of rotatable bonds is 5. The zero-order valence-electron chi connectivity index (χ0n) is 11.6. The van der Waals surface area contributed by atoms with Crippen LogP contribution in [0, 0.1) is 5.92 Å². The van der Waals surface area contributed by atoms with Crippen molar-refractivity contribution in [1.82, 2.24) is 0 Å². The summed E-state index contributed by atoms with van der Waals surface area (Å²) in [5, 5.41) is 0. The number of nitrogens with two attached hydrogens (primary N) is 1. The van der Waals surface area contributed by atoms with E-state index in [1.54, 1.807) is 0 Å². The monoisotopic (exact) mass is 247 g/mol. The Morgan fingerprint density at radius 1 is 1.33 bits per heavy atom. The van der Waals surface area contributed by atoms with Gasteiger partial charge in [-0.3, -0.25) is 0 Å². The average molecular weight is 247 g/mol. The van der Waals surface area contributed by atoms with Crippen LogP contribution in [0.5, 0.6) is 5.75 Å². The Kier molecular flexibility index (Phi) is 4.65. The van der Waals surface area contributed by atoms with Crippen LogP contribution < -0.4 is 10.5 Å². The highest BCUT2D eigenvalue weighted by Crippen LogP contribution is 2.31. The molecule has 0 aromatic heterocycles. The van der Waals surface area contributed by atoms with Gasteiger partial charge < -0.3 is 10.5 Å². The molecule has 0 bridgehead atoms. The van der Waals surface area contributed by atoms with E-state index in [1.807, 2.05) is 0 Å². The lowest BCUT2D eigenvalue weighted by atomic mass is 9.88. The molecule has 100 valence electrons. The Morgan fingerprint density at radius 2 is 2.11 bits per heavy atom. The van der Waals surface area contributed by atoms with Crippen LogP contribution >= 0.6 is 0 Å². The first-order valence-corrected chi connectivity index (χ1v) is 7.25. The van der Waals surface area contributed by atoms with Crippen molar-refractivity contribution >= 4 is 0 Å². The molecule has 18 heavy (non-hydrogen) atoms. The van der Waals surface area contributed by atoms with Crippen molar-refractivity contribution in [2.75, 3.05) is 6.61 Å². The molecule has 1 aromatic carbocycles. The highest BCUT2D eigenvalue weighted by atomic mass is 16.5. The Bertz CT molecular complexity index is 385. The zero-order valence-corrected chi connectivity index (χ0v) is 11.6. The summed E-state index contributed by atoms with van der Waals surface area (Å²) in [7, 11) is 0. The summed E-state index contributed by atoms with van der Waals surface area (Å²) in [6, 6.07) is 6.64. The van der Waals surface area contributed by atoms with Gasteiger partial charge in [0.15, 0.2) is 0 Å². The number of hydrogen-bond acceptors (Lipinski definition) is 2. The lowest BCUT2D eigenvalue weighted by Gasteiger charge is -2.23. The molecule has 1 aromatic rings. The van der Waals surface area contributed by atoms with Crippen molar-refractivity contribution in [2.24, 2.45) is 11.7 Å². The summed E-state index contributed by atoms with van der Waals surface area (Å²) >= 11 is 0. The highest BCUT2D eigenvalue weighted by Gasteiger charge is 2.17. The van der Waals surface area contributed by atoms with Gasteiger partial charge in [0.1, 0.15) is 5.75 Å². The number of ether oxygens (including phenoxy) is 1. The smallest absolute Gasteiger partial charge is 0.119 e. The molecule has 0 amide bonds. The molecule has 0 spiro atoms. The molecule has 0 radical (unpaired) electrons. The van der Waals surface area contributed by atoms with Gasteiger partial charge in [0, 0.05) is 6.04 Å². The SMILES string of the molecule is CCC(CC)COc1ccc2c(c1)C(N)CCC2. The maximum Gasteiger partial charge on any atom is 0.119 e. The first kappa shape index (κ1) is 13.4. The zero-order chi connectivity index (χ0) is 13.0. The minimum Gasteiger partial charge on any atom is -0.493 e. The van der Waals surface area contributed by atoms with E-state index in [2.05, 4.69) is 32.0 Å². The predicted octanol–water partition coefficient (Wildman–Crippen LogP) is 3.84. The third-order valence-electron chi connectivity index (χ3n) is 4.12. The van der Waals surface area contributed by atoms with Gasteiger partial charge >= 0.3 is 0 Å². The van der Waals surface area contributed by atoms with E-state index in [9.17, 15) is 0 Å². The van der Waals surface area contributed by atoms with Gasteiger partial charge in [-0.25, -0.2) is 0 Å². The van der Waals surface area contributed by atoms with Crippen LogP contribution in [-0.2, 0) is 6.42 Å². The maximum absolute atomic E-state index is 6.17. The third-order valence-corrected chi connectivity index (χ3v) is 4.12. The molecule has 0 saturated carbocycles.